The summed E-state index contributed by atoms with van der Waals surface area (Å²) >= 11 is 5.61. The van der Waals surface area contributed by atoms with Crippen LogP contribution in [0.1, 0.15) is 0 Å². The van der Waals surface area contributed by atoms with Gasteiger partial charge in [-0.1, -0.05) is 11.6 Å². The van der Waals surface area contributed by atoms with Crippen LogP contribution in [0.5, 0.6) is 0 Å². The molecule has 2 rings (SSSR count). The minimum absolute atomic E-state index is 0.127. The number of rotatable bonds is 4. The van der Waals surface area contributed by atoms with Crippen molar-refractivity contribution in [1.82, 2.24) is 4.98 Å². The van der Waals surface area contributed by atoms with Crippen LogP contribution < -0.4 is 5.32 Å². The lowest BCUT2D eigenvalue weighted by molar-refractivity contribution is -0.254. The number of aliphatic hydroxyl groups excluding tert-OH is 3. The standard InChI is InChI=1S/C12H16ClFN2O5/c1-20-12-8(10(19)9(18)7(4-17)21-12)16-11-6(14)2-5(13)3-15-11/h2-3,7-10,12,17-19H,4H2,1H3,(H,15,16)/t7-,8-,9+,10-,12+/m1/s1. The summed E-state index contributed by atoms with van der Waals surface area (Å²) in [7, 11) is 1.32. The van der Waals surface area contributed by atoms with Gasteiger partial charge < -0.3 is 30.1 Å². The molecule has 21 heavy (non-hydrogen) atoms. The van der Waals surface area contributed by atoms with Gasteiger partial charge in [0.1, 0.15) is 24.4 Å². The van der Waals surface area contributed by atoms with E-state index in [1.165, 1.54) is 13.3 Å². The third-order valence-electron chi connectivity index (χ3n) is 3.22. The number of hydrogen-bond acceptors (Lipinski definition) is 7. The largest absolute Gasteiger partial charge is 0.394 e. The fraction of sp³-hybridized carbons (Fsp3) is 0.583. The summed E-state index contributed by atoms with van der Waals surface area (Å²) in [5, 5.41) is 31.8. The first-order valence-corrected chi connectivity index (χ1v) is 6.58. The van der Waals surface area contributed by atoms with E-state index in [1.54, 1.807) is 0 Å². The highest BCUT2D eigenvalue weighted by atomic mass is 35.5. The number of hydrogen-bond donors (Lipinski definition) is 4. The zero-order valence-corrected chi connectivity index (χ0v) is 11.9. The number of ether oxygens (including phenoxy) is 2. The van der Waals surface area contributed by atoms with Gasteiger partial charge in [0.2, 0.25) is 0 Å². The highest BCUT2D eigenvalue weighted by Gasteiger charge is 2.44. The van der Waals surface area contributed by atoms with Crippen molar-refractivity contribution in [3.63, 3.8) is 0 Å². The SMILES string of the molecule is CO[C@H]1O[C@H](CO)[C@H](O)[C@H](O)[C@H]1Nc1ncc(Cl)cc1F. The Labute approximate surface area is 125 Å². The van der Waals surface area contributed by atoms with Crippen molar-refractivity contribution in [3.05, 3.63) is 23.1 Å². The van der Waals surface area contributed by atoms with Crippen LogP contribution in [0.3, 0.4) is 0 Å². The van der Waals surface area contributed by atoms with Crippen LogP contribution in [-0.4, -0.2) is 64.7 Å². The summed E-state index contributed by atoms with van der Waals surface area (Å²) in [6.45, 7) is -0.488. The van der Waals surface area contributed by atoms with Crippen molar-refractivity contribution in [2.24, 2.45) is 0 Å². The number of methoxy groups -OCH3 is 1. The van der Waals surface area contributed by atoms with E-state index in [-0.39, 0.29) is 10.8 Å². The van der Waals surface area contributed by atoms with Gasteiger partial charge in [0, 0.05) is 13.3 Å². The molecule has 1 aliphatic rings. The van der Waals surface area contributed by atoms with Crippen LogP contribution in [-0.2, 0) is 9.47 Å². The van der Waals surface area contributed by atoms with Crippen molar-refractivity contribution in [1.29, 1.82) is 0 Å². The van der Waals surface area contributed by atoms with Crippen molar-refractivity contribution in [2.45, 2.75) is 30.6 Å². The Morgan fingerprint density at radius 3 is 2.76 bits per heavy atom. The topological polar surface area (TPSA) is 104 Å². The average molecular weight is 323 g/mol. The predicted molar refractivity (Wildman–Crippen MR) is 71.4 cm³/mol. The molecule has 0 spiro atoms. The lowest BCUT2D eigenvalue weighted by Crippen LogP contribution is -2.61. The minimum Gasteiger partial charge on any atom is -0.394 e. The molecule has 0 amide bonds. The number of nitrogens with one attached hydrogen (secondary N) is 1. The molecule has 0 radical (unpaired) electrons. The Hall–Kier alpha value is -1.03. The van der Waals surface area contributed by atoms with Gasteiger partial charge in [-0.2, -0.15) is 0 Å². The zero-order valence-electron chi connectivity index (χ0n) is 11.1. The Kier molecular flexibility index (Phi) is 5.31. The second-order valence-corrected chi connectivity index (χ2v) is 5.03. The predicted octanol–water partition coefficient (Wildman–Crippen LogP) is -0.260. The Bertz CT molecular complexity index is 493. The molecule has 0 saturated carbocycles. The lowest BCUT2D eigenvalue weighted by Gasteiger charge is -2.41. The summed E-state index contributed by atoms with van der Waals surface area (Å²) in [4.78, 5) is 3.77. The molecule has 1 saturated heterocycles. The Morgan fingerprint density at radius 2 is 2.19 bits per heavy atom. The molecule has 1 aliphatic heterocycles. The van der Waals surface area contributed by atoms with E-state index in [1.807, 2.05) is 0 Å². The Morgan fingerprint density at radius 1 is 1.48 bits per heavy atom. The highest BCUT2D eigenvalue weighted by molar-refractivity contribution is 6.30. The molecule has 0 aromatic carbocycles. The molecule has 7 nitrogen and oxygen atoms in total. The van der Waals surface area contributed by atoms with Crippen LogP contribution in [0, 0.1) is 5.82 Å². The number of anilines is 1. The van der Waals surface area contributed by atoms with Gasteiger partial charge in [-0.05, 0) is 6.07 Å². The summed E-state index contributed by atoms with van der Waals surface area (Å²) in [5.41, 5.74) is 0. The van der Waals surface area contributed by atoms with E-state index >= 15 is 0 Å². The number of halogens is 2. The molecule has 0 aliphatic carbocycles. The van der Waals surface area contributed by atoms with Gasteiger partial charge in [-0.25, -0.2) is 9.37 Å². The van der Waals surface area contributed by atoms with Crippen molar-refractivity contribution < 1.29 is 29.2 Å². The third kappa shape index (κ3) is 3.42. The van der Waals surface area contributed by atoms with Gasteiger partial charge in [0.05, 0.1) is 11.6 Å². The molecular formula is C12H16ClFN2O5. The van der Waals surface area contributed by atoms with E-state index in [2.05, 4.69) is 10.3 Å². The summed E-state index contributed by atoms with van der Waals surface area (Å²) in [6, 6.07) is 0.0813. The maximum atomic E-state index is 13.7. The molecule has 1 aromatic heterocycles. The molecule has 4 N–H and O–H groups in total. The molecule has 0 bridgehead atoms. The fourth-order valence-electron chi connectivity index (χ4n) is 2.12. The normalized spacial score (nSPS) is 33.0. The summed E-state index contributed by atoms with van der Waals surface area (Å²) in [5.74, 6) is -0.882. The molecule has 9 heteroatoms. The van der Waals surface area contributed by atoms with Crippen LogP contribution in [0.25, 0.3) is 0 Å². The van der Waals surface area contributed by atoms with Crippen LogP contribution in [0.2, 0.25) is 5.02 Å². The molecule has 1 fully saturated rings. The monoisotopic (exact) mass is 322 g/mol. The van der Waals surface area contributed by atoms with E-state index in [9.17, 15) is 14.6 Å². The zero-order chi connectivity index (χ0) is 15.6. The number of nitrogens with zero attached hydrogens (tertiary/aromatic N) is 1. The van der Waals surface area contributed by atoms with Gasteiger partial charge in [0.25, 0.3) is 0 Å². The fourth-order valence-corrected chi connectivity index (χ4v) is 2.26. The van der Waals surface area contributed by atoms with Crippen LogP contribution >= 0.6 is 11.6 Å². The maximum absolute atomic E-state index is 13.7. The maximum Gasteiger partial charge on any atom is 0.180 e. The highest BCUT2D eigenvalue weighted by Crippen LogP contribution is 2.25. The van der Waals surface area contributed by atoms with Crippen LogP contribution in [0.4, 0.5) is 10.2 Å². The molecule has 118 valence electrons. The van der Waals surface area contributed by atoms with E-state index in [0.29, 0.717) is 0 Å². The van der Waals surface area contributed by atoms with Gasteiger partial charge in [-0.15, -0.1) is 0 Å². The Balaban J connectivity index is 2.20. The number of aliphatic hydroxyl groups is 3. The molecule has 0 unspecified atom stereocenters. The average Bonchev–Trinajstić information content (AvgIpc) is 2.46. The van der Waals surface area contributed by atoms with E-state index < -0.39 is 43.1 Å². The number of pyridine rings is 1. The second-order valence-electron chi connectivity index (χ2n) is 4.60. The lowest BCUT2D eigenvalue weighted by atomic mass is 9.97. The molecular weight excluding hydrogens is 307 g/mol. The van der Waals surface area contributed by atoms with Gasteiger partial charge in [-0.3, -0.25) is 0 Å². The second kappa shape index (κ2) is 6.82. The smallest absolute Gasteiger partial charge is 0.180 e. The van der Waals surface area contributed by atoms with Gasteiger partial charge in [0.15, 0.2) is 17.9 Å². The first-order valence-electron chi connectivity index (χ1n) is 6.20. The molecule has 1 aromatic rings. The number of aromatic nitrogens is 1. The van der Waals surface area contributed by atoms with Crippen molar-refractivity contribution >= 4 is 17.4 Å². The first kappa shape index (κ1) is 16.3. The van der Waals surface area contributed by atoms with Gasteiger partial charge >= 0.3 is 0 Å². The molecule has 5 atom stereocenters. The third-order valence-corrected chi connectivity index (χ3v) is 3.43. The van der Waals surface area contributed by atoms with Crippen molar-refractivity contribution in [3.8, 4) is 0 Å². The summed E-state index contributed by atoms with van der Waals surface area (Å²) < 4.78 is 24.1. The summed E-state index contributed by atoms with van der Waals surface area (Å²) in [6.07, 6.45) is -3.46. The van der Waals surface area contributed by atoms with Crippen molar-refractivity contribution in [2.75, 3.05) is 19.0 Å². The van der Waals surface area contributed by atoms with E-state index in [4.69, 9.17) is 26.2 Å². The quantitative estimate of drug-likeness (QED) is 0.605. The van der Waals surface area contributed by atoms with Crippen LogP contribution in [0.15, 0.2) is 12.3 Å². The molecule has 2 heterocycles. The van der Waals surface area contributed by atoms with E-state index in [0.717, 1.165) is 6.07 Å². The first-order chi connectivity index (χ1) is 9.97. The minimum atomic E-state index is -1.35.